The van der Waals surface area contributed by atoms with Crippen LogP contribution in [-0.2, 0) is 19.6 Å². The molecule has 6 nitrogen and oxygen atoms in total. The van der Waals surface area contributed by atoms with Crippen LogP contribution in [0.1, 0.15) is 25.7 Å². The molecule has 0 spiro atoms. The fourth-order valence-electron chi connectivity index (χ4n) is 3.68. The standard InChI is InChI=1S/C18H25ClN2O4S2/c1-2-12-25-13-14-7-10-20(11-8-14)18(22)15-4-3-9-21(15)27(23,24)17-6-5-16(19)26-17/h2,5-6,14-15H,1,3-4,7-13H2. The molecule has 27 heavy (non-hydrogen) atoms. The van der Waals surface area contributed by atoms with E-state index in [-0.39, 0.29) is 10.1 Å². The summed E-state index contributed by atoms with van der Waals surface area (Å²) in [4.78, 5) is 14.8. The first-order valence-corrected chi connectivity index (χ1v) is 11.8. The number of ether oxygens (including phenoxy) is 1. The summed E-state index contributed by atoms with van der Waals surface area (Å²) in [5, 5.41) is 0. The molecule has 1 aromatic rings. The van der Waals surface area contributed by atoms with Crippen LogP contribution in [0, 0.1) is 5.92 Å². The van der Waals surface area contributed by atoms with E-state index in [0.29, 0.717) is 55.9 Å². The van der Waals surface area contributed by atoms with Crippen LogP contribution < -0.4 is 0 Å². The Labute approximate surface area is 169 Å². The maximum Gasteiger partial charge on any atom is 0.253 e. The molecule has 1 aromatic heterocycles. The lowest BCUT2D eigenvalue weighted by atomic mass is 9.97. The van der Waals surface area contributed by atoms with Crippen molar-refractivity contribution in [3.05, 3.63) is 29.1 Å². The average Bonchev–Trinajstić information content (AvgIpc) is 3.32. The molecule has 150 valence electrons. The van der Waals surface area contributed by atoms with Gasteiger partial charge in [0.25, 0.3) is 10.0 Å². The smallest absolute Gasteiger partial charge is 0.253 e. The summed E-state index contributed by atoms with van der Waals surface area (Å²) < 4.78 is 33.3. The van der Waals surface area contributed by atoms with Gasteiger partial charge in [0.2, 0.25) is 5.91 Å². The minimum absolute atomic E-state index is 0.0795. The molecule has 0 aromatic carbocycles. The first kappa shape index (κ1) is 20.8. The van der Waals surface area contributed by atoms with Gasteiger partial charge in [-0.25, -0.2) is 8.42 Å². The summed E-state index contributed by atoms with van der Waals surface area (Å²) in [5.41, 5.74) is 0. The summed E-state index contributed by atoms with van der Waals surface area (Å²) >= 11 is 6.93. The molecule has 0 N–H and O–H groups in total. The third kappa shape index (κ3) is 4.74. The normalized spacial score (nSPS) is 22.3. The van der Waals surface area contributed by atoms with Crippen molar-refractivity contribution in [2.75, 3.05) is 32.8 Å². The molecule has 0 saturated carbocycles. The van der Waals surface area contributed by atoms with Gasteiger partial charge in [0.1, 0.15) is 10.3 Å². The highest BCUT2D eigenvalue weighted by Gasteiger charge is 2.42. The fraction of sp³-hybridized carbons (Fsp3) is 0.611. The molecular weight excluding hydrogens is 408 g/mol. The minimum atomic E-state index is -3.69. The lowest BCUT2D eigenvalue weighted by Gasteiger charge is -2.35. The predicted octanol–water partition coefficient (Wildman–Crippen LogP) is 3.00. The third-order valence-electron chi connectivity index (χ3n) is 5.12. The zero-order valence-corrected chi connectivity index (χ0v) is 17.6. The molecule has 2 saturated heterocycles. The van der Waals surface area contributed by atoms with E-state index in [4.69, 9.17) is 16.3 Å². The van der Waals surface area contributed by atoms with Gasteiger partial charge in [-0.2, -0.15) is 4.31 Å². The van der Waals surface area contributed by atoms with E-state index < -0.39 is 16.1 Å². The first-order chi connectivity index (χ1) is 12.9. The number of sulfonamides is 1. The number of nitrogens with zero attached hydrogens (tertiary/aromatic N) is 2. The van der Waals surface area contributed by atoms with Gasteiger partial charge in [-0.15, -0.1) is 17.9 Å². The van der Waals surface area contributed by atoms with E-state index in [2.05, 4.69) is 6.58 Å². The van der Waals surface area contributed by atoms with Crippen LogP contribution in [0.4, 0.5) is 0 Å². The van der Waals surface area contributed by atoms with Gasteiger partial charge in [0.15, 0.2) is 0 Å². The van der Waals surface area contributed by atoms with Crippen LogP contribution >= 0.6 is 22.9 Å². The van der Waals surface area contributed by atoms with Crippen molar-refractivity contribution < 1.29 is 17.9 Å². The van der Waals surface area contributed by atoms with Gasteiger partial charge in [-0.1, -0.05) is 17.7 Å². The van der Waals surface area contributed by atoms with Crippen LogP contribution in [0.5, 0.6) is 0 Å². The fourth-order valence-corrected chi connectivity index (χ4v) is 6.94. The molecule has 1 atom stereocenters. The predicted molar refractivity (Wildman–Crippen MR) is 107 cm³/mol. The number of likely N-dealkylation sites (tertiary alicyclic amines) is 1. The Morgan fingerprint density at radius 2 is 2.04 bits per heavy atom. The van der Waals surface area contributed by atoms with Crippen molar-refractivity contribution in [3.63, 3.8) is 0 Å². The number of halogens is 1. The number of piperidine rings is 1. The van der Waals surface area contributed by atoms with Gasteiger partial charge < -0.3 is 9.64 Å². The summed E-state index contributed by atoms with van der Waals surface area (Å²) in [7, 11) is -3.69. The molecule has 9 heteroatoms. The average molecular weight is 433 g/mol. The summed E-state index contributed by atoms with van der Waals surface area (Å²) in [6, 6.07) is 2.48. The molecule has 3 rings (SSSR count). The largest absolute Gasteiger partial charge is 0.377 e. The second-order valence-corrected chi connectivity index (χ2v) is 10.8. The maximum atomic E-state index is 13.0. The number of hydrogen-bond acceptors (Lipinski definition) is 5. The Morgan fingerprint density at radius 3 is 2.67 bits per heavy atom. The highest BCUT2D eigenvalue weighted by molar-refractivity contribution is 7.91. The molecular formula is C18H25ClN2O4S2. The zero-order chi connectivity index (χ0) is 19.4. The van der Waals surface area contributed by atoms with Gasteiger partial charge in [0.05, 0.1) is 10.9 Å². The quantitative estimate of drug-likeness (QED) is 0.490. The Bertz CT molecular complexity index is 772. The Balaban J connectivity index is 1.62. The molecule has 0 aliphatic carbocycles. The molecule has 3 heterocycles. The summed E-state index contributed by atoms with van der Waals surface area (Å²) in [6.45, 7) is 6.53. The van der Waals surface area contributed by atoms with Gasteiger partial charge in [0, 0.05) is 26.2 Å². The van der Waals surface area contributed by atoms with Crippen LogP contribution in [0.2, 0.25) is 4.34 Å². The second kappa shape index (κ2) is 9.05. The zero-order valence-electron chi connectivity index (χ0n) is 15.2. The van der Waals surface area contributed by atoms with Crippen LogP contribution in [-0.4, -0.2) is 62.4 Å². The second-order valence-electron chi connectivity index (χ2n) is 6.93. The first-order valence-electron chi connectivity index (χ1n) is 9.18. The van der Waals surface area contributed by atoms with Gasteiger partial charge in [-0.05, 0) is 43.7 Å². The molecule has 2 aliphatic rings. The van der Waals surface area contributed by atoms with Crippen molar-refractivity contribution in [2.45, 2.75) is 35.9 Å². The number of carbonyl (C=O) groups excluding carboxylic acids is 1. The third-order valence-corrected chi connectivity index (χ3v) is 8.72. The molecule has 2 aliphatic heterocycles. The van der Waals surface area contributed by atoms with Gasteiger partial charge >= 0.3 is 0 Å². The molecule has 2 fully saturated rings. The monoisotopic (exact) mass is 432 g/mol. The van der Waals surface area contributed by atoms with Crippen LogP contribution in [0.25, 0.3) is 0 Å². The number of thiophene rings is 1. The Hall–Kier alpha value is -0.930. The number of hydrogen-bond donors (Lipinski definition) is 0. The number of rotatable bonds is 7. The summed E-state index contributed by atoms with van der Waals surface area (Å²) in [5.74, 6) is 0.356. The lowest BCUT2D eigenvalue weighted by Crippen LogP contribution is -2.50. The van der Waals surface area contributed by atoms with E-state index >= 15 is 0 Å². The highest BCUT2D eigenvalue weighted by atomic mass is 35.5. The van der Waals surface area contributed by atoms with Crippen molar-refractivity contribution in [1.82, 2.24) is 9.21 Å². The van der Waals surface area contributed by atoms with E-state index in [1.165, 1.54) is 10.4 Å². The Morgan fingerprint density at radius 1 is 1.30 bits per heavy atom. The molecule has 1 amide bonds. The number of amides is 1. The highest BCUT2D eigenvalue weighted by Crippen LogP contribution is 2.33. The van der Waals surface area contributed by atoms with E-state index in [9.17, 15) is 13.2 Å². The topological polar surface area (TPSA) is 66.9 Å². The number of carbonyl (C=O) groups is 1. The molecule has 0 radical (unpaired) electrons. The van der Waals surface area contributed by atoms with E-state index in [1.807, 2.05) is 4.90 Å². The summed E-state index contributed by atoms with van der Waals surface area (Å²) in [6.07, 6.45) is 4.75. The van der Waals surface area contributed by atoms with Crippen molar-refractivity contribution in [3.8, 4) is 0 Å². The van der Waals surface area contributed by atoms with Crippen molar-refractivity contribution in [2.24, 2.45) is 5.92 Å². The van der Waals surface area contributed by atoms with E-state index in [1.54, 1.807) is 12.1 Å². The van der Waals surface area contributed by atoms with Crippen molar-refractivity contribution >= 4 is 38.9 Å². The van der Waals surface area contributed by atoms with Crippen molar-refractivity contribution in [1.29, 1.82) is 0 Å². The van der Waals surface area contributed by atoms with E-state index in [0.717, 1.165) is 24.2 Å². The van der Waals surface area contributed by atoms with Gasteiger partial charge in [-0.3, -0.25) is 4.79 Å². The minimum Gasteiger partial charge on any atom is -0.377 e. The maximum absolute atomic E-state index is 13.0. The molecule has 0 bridgehead atoms. The lowest BCUT2D eigenvalue weighted by molar-refractivity contribution is -0.136. The Kier molecular flexibility index (Phi) is 6.97. The SMILES string of the molecule is C=CCOCC1CCN(C(=O)C2CCCN2S(=O)(=O)c2ccc(Cl)s2)CC1. The molecule has 1 unspecified atom stereocenters. The van der Waals surface area contributed by atoms with Crippen LogP contribution in [0.15, 0.2) is 29.0 Å². The van der Waals surface area contributed by atoms with Crippen LogP contribution in [0.3, 0.4) is 0 Å².